The van der Waals surface area contributed by atoms with E-state index in [-0.39, 0.29) is 12.3 Å². The van der Waals surface area contributed by atoms with Crippen molar-refractivity contribution in [2.75, 3.05) is 18.0 Å². The molecule has 1 amide bonds. The Bertz CT molecular complexity index is 724. The molecule has 2 heterocycles. The van der Waals surface area contributed by atoms with Gasteiger partial charge in [0.2, 0.25) is 5.91 Å². The number of para-hydroxylation sites is 1. The van der Waals surface area contributed by atoms with Crippen LogP contribution in [0.3, 0.4) is 0 Å². The predicted molar refractivity (Wildman–Crippen MR) is 98.2 cm³/mol. The number of anilines is 1. The third kappa shape index (κ3) is 2.96. The van der Waals surface area contributed by atoms with E-state index in [1.165, 1.54) is 5.56 Å². The number of likely N-dealkylation sites (tertiary alicyclic amines) is 1. The van der Waals surface area contributed by atoms with E-state index < -0.39 is 11.6 Å². The van der Waals surface area contributed by atoms with Gasteiger partial charge in [-0.25, -0.2) is 0 Å². The van der Waals surface area contributed by atoms with E-state index in [0.717, 1.165) is 38.2 Å². The molecular weight excluding hydrogens is 312 g/mol. The van der Waals surface area contributed by atoms with Gasteiger partial charge in [0.15, 0.2) is 0 Å². The average molecular weight is 336 g/mol. The lowest BCUT2D eigenvalue weighted by atomic mass is 9.82. The number of carbonyl (C=O) groups excluding carboxylic acids is 1. The molecule has 130 valence electrons. The monoisotopic (exact) mass is 336 g/mol. The van der Waals surface area contributed by atoms with Crippen molar-refractivity contribution in [3.63, 3.8) is 0 Å². The maximum atomic E-state index is 12.6. The number of carbonyl (C=O) groups is 1. The first-order chi connectivity index (χ1) is 12.2. The minimum atomic E-state index is -0.584. The molecule has 2 aliphatic rings. The molecule has 2 aromatic rings. The van der Waals surface area contributed by atoms with Gasteiger partial charge < -0.3 is 10.0 Å². The highest BCUT2D eigenvalue weighted by atomic mass is 16.3. The summed E-state index contributed by atoms with van der Waals surface area (Å²) in [6, 6.07) is 20.2. The maximum absolute atomic E-state index is 12.6. The number of amides is 1. The van der Waals surface area contributed by atoms with Crippen LogP contribution in [0.15, 0.2) is 60.7 Å². The molecule has 2 saturated heterocycles. The molecule has 1 spiro atoms. The zero-order valence-corrected chi connectivity index (χ0v) is 14.3. The van der Waals surface area contributed by atoms with Gasteiger partial charge in [0.05, 0.1) is 18.1 Å². The largest absolute Gasteiger partial charge is 0.390 e. The quantitative estimate of drug-likeness (QED) is 0.937. The highest BCUT2D eigenvalue weighted by Crippen LogP contribution is 2.42. The lowest BCUT2D eigenvalue weighted by Gasteiger charge is -2.46. The van der Waals surface area contributed by atoms with Crippen molar-refractivity contribution in [2.24, 2.45) is 0 Å². The van der Waals surface area contributed by atoms with E-state index in [4.69, 9.17) is 0 Å². The van der Waals surface area contributed by atoms with Crippen LogP contribution in [0.1, 0.15) is 24.8 Å². The molecule has 2 aromatic carbocycles. The molecule has 4 heteroatoms. The molecule has 1 N–H and O–H groups in total. The zero-order chi connectivity index (χ0) is 17.3. The molecule has 0 unspecified atom stereocenters. The van der Waals surface area contributed by atoms with Crippen molar-refractivity contribution < 1.29 is 9.90 Å². The van der Waals surface area contributed by atoms with E-state index in [9.17, 15) is 9.90 Å². The van der Waals surface area contributed by atoms with Crippen LogP contribution in [0.5, 0.6) is 0 Å². The van der Waals surface area contributed by atoms with Gasteiger partial charge >= 0.3 is 0 Å². The van der Waals surface area contributed by atoms with Crippen LogP contribution in [-0.4, -0.2) is 40.6 Å². The number of aliphatic hydroxyl groups is 1. The zero-order valence-electron chi connectivity index (χ0n) is 14.3. The molecule has 1 atom stereocenters. The molecule has 0 radical (unpaired) electrons. The van der Waals surface area contributed by atoms with Gasteiger partial charge in [-0.2, -0.15) is 0 Å². The summed E-state index contributed by atoms with van der Waals surface area (Å²) in [7, 11) is 0. The molecule has 0 bridgehead atoms. The second kappa shape index (κ2) is 6.62. The van der Waals surface area contributed by atoms with E-state index in [0.29, 0.717) is 0 Å². The van der Waals surface area contributed by atoms with Crippen molar-refractivity contribution in [2.45, 2.75) is 37.5 Å². The molecule has 2 fully saturated rings. The number of aliphatic hydroxyl groups excluding tert-OH is 1. The van der Waals surface area contributed by atoms with E-state index in [1.807, 2.05) is 41.3 Å². The van der Waals surface area contributed by atoms with Crippen LogP contribution < -0.4 is 4.90 Å². The minimum Gasteiger partial charge on any atom is -0.390 e. The van der Waals surface area contributed by atoms with Gasteiger partial charge in [0.1, 0.15) is 0 Å². The number of rotatable bonds is 3. The van der Waals surface area contributed by atoms with Crippen molar-refractivity contribution in [1.29, 1.82) is 0 Å². The third-order valence-corrected chi connectivity index (χ3v) is 5.67. The van der Waals surface area contributed by atoms with Crippen molar-refractivity contribution >= 4 is 11.6 Å². The average Bonchev–Trinajstić information content (AvgIpc) is 2.88. The molecule has 0 aromatic heterocycles. The fourth-order valence-corrected chi connectivity index (χ4v) is 4.32. The SMILES string of the molecule is O=C1C[C@H](O)C2(CCN(Cc3ccccc3)CC2)N1c1ccccc1. The Morgan fingerprint density at radius 3 is 2.20 bits per heavy atom. The van der Waals surface area contributed by atoms with Crippen LogP contribution in [0.2, 0.25) is 0 Å². The van der Waals surface area contributed by atoms with Crippen LogP contribution in [0, 0.1) is 0 Å². The van der Waals surface area contributed by atoms with E-state index in [2.05, 4.69) is 29.2 Å². The van der Waals surface area contributed by atoms with Gasteiger partial charge in [0, 0.05) is 25.3 Å². The second-order valence-corrected chi connectivity index (χ2v) is 7.15. The summed E-state index contributed by atoms with van der Waals surface area (Å²) in [5.74, 6) is 0.0372. The summed E-state index contributed by atoms with van der Waals surface area (Å²) in [4.78, 5) is 16.9. The van der Waals surface area contributed by atoms with Gasteiger partial charge in [-0.15, -0.1) is 0 Å². The summed E-state index contributed by atoms with van der Waals surface area (Å²) < 4.78 is 0. The first-order valence-electron chi connectivity index (χ1n) is 9.01. The molecule has 0 aliphatic carbocycles. The lowest BCUT2D eigenvalue weighted by molar-refractivity contribution is -0.117. The first kappa shape index (κ1) is 16.3. The smallest absolute Gasteiger partial charge is 0.230 e. The Balaban J connectivity index is 1.52. The highest BCUT2D eigenvalue weighted by molar-refractivity contribution is 5.98. The number of hydrogen-bond acceptors (Lipinski definition) is 3. The number of piperidine rings is 1. The van der Waals surface area contributed by atoms with Crippen LogP contribution >= 0.6 is 0 Å². The standard InChI is InChI=1S/C21H24N2O2/c24-19-15-20(25)23(18-9-5-2-6-10-18)21(19)11-13-22(14-12-21)16-17-7-3-1-4-8-17/h1-10,19,24H,11-16H2/t19-/m0/s1. The summed E-state index contributed by atoms with van der Waals surface area (Å²) in [6.45, 7) is 2.71. The fourth-order valence-electron chi connectivity index (χ4n) is 4.32. The Kier molecular flexibility index (Phi) is 4.32. The lowest BCUT2D eigenvalue weighted by Crippen LogP contribution is -2.57. The van der Waals surface area contributed by atoms with Gasteiger partial charge in [-0.05, 0) is 30.5 Å². The Morgan fingerprint density at radius 1 is 0.960 bits per heavy atom. The van der Waals surface area contributed by atoms with Crippen LogP contribution in [0.4, 0.5) is 5.69 Å². The fraction of sp³-hybridized carbons (Fsp3) is 0.381. The number of nitrogens with zero attached hydrogens (tertiary/aromatic N) is 2. The Hall–Kier alpha value is -2.17. The number of hydrogen-bond donors (Lipinski definition) is 1. The van der Waals surface area contributed by atoms with Gasteiger partial charge in [-0.3, -0.25) is 9.69 Å². The third-order valence-electron chi connectivity index (χ3n) is 5.67. The minimum absolute atomic E-state index is 0.0372. The van der Waals surface area contributed by atoms with Gasteiger partial charge in [-0.1, -0.05) is 48.5 Å². The molecule has 2 aliphatic heterocycles. The molecule has 4 rings (SSSR count). The van der Waals surface area contributed by atoms with Gasteiger partial charge in [0.25, 0.3) is 0 Å². The second-order valence-electron chi connectivity index (χ2n) is 7.15. The molecular formula is C21H24N2O2. The molecule has 25 heavy (non-hydrogen) atoms. The molecule has 4 nitrogen and oxygen atoms in total. The Morgan fingerprint density at radius 2 is 1.56 bits per heavy atom. The Labute approximate surface area is 148 Å². The van der Waals surface area contributed by atoms with E-state index in [1.54, 1.807) is 0 Å². The first-order valence-corrected chi connectivity index (χ1v) is 9.01. The van der Waals surface area contributed by atoms with Crippen molar-refractivity contribution in [3.8, 4) is 0 Å². The topological polar surface area (TPSA) is 43.8 Å². The normalized spacial score (nSPS) is 23.3. The van der Waals surface area contributed by atoms with Crippen molar-refractivity contribution in [1.82, 2.24) is 4.90 Å². The van der Waals surface area contributed by atoms with Crippen LogP contribution in [-0.2, 0) is 11.3 Å². The van der Waals surface area contributed by atoms with E-state index >= 15 is 0 Å². The highest BCUT2D eigenvalue weighted by Gasteiger charge is 2.53. The number of benzene rings is 2. The van der Waals surface area contributed by atoms with Crippen LogP contribution in [0.25, 0.3) is 0 Å². The summed E-state index contributed by atoms with van der Waals surface area (Å²) in [5.41, 5.74) is 1.76. The van der Waals surface area contributed by atoms with Crippen molar-refractivity contribution in [3.05, 3.63) is 66.2 Å². The molecule has 0 saturated carbocycles. The summed E-state index contributed by atoms with van der Waals surface area (Å²) >= 11 is 0. The predicted octanol–water partition coefficient (Wildman–Crippen LogP) is 2.82. The maximum Gasteiger partial charge on any atom is 0.230 e. The summed E-state index contributed by atoms with van der Waals surface area (Å²) in [6.07, 6.45) is 1.26. The summed E-state index contributed by atoms with van der Waals surface area (Å²) in [5, 5.41) is 10.7.